The summed E-state index contributed by atoms with van der Waals surface area (Å²) < 4.78 is 15.0. The lowest BCUT2D eigenvalue weighted by Crippen LogP contribution is -2.46. The average molecular weight is 577 g/mol. The summed E-state index contributed by atoms with van der Waals surface area (Å²) in [5.74, 6) is -0.486. The fourth-order valence-electron chi connectivity index (χ4n) is 3.55. The molecule has 0 saturated heterocycles. The molecule has 0 saturated carbocycles. The molecule has 0 bridgehead atoms. The average Bonchev–Trinajstić information content (AvgIpc) is 2.87. The van der Waals surface area contributed by atoms with Crippen LogP contribution in [0.2, 0.25) is 0 Å². The molecule has 220 valence electrons. The van der Waals surface area contributed by atoms with Crippen molar-refractivity contribution in [3.05, 3.63) is 12.2 Å². The first-order valence-electron chi connectivity index (χ1n) is 13.9. The van der Waals surface area contributed by atoms with Gasteiger partial charge in [-0.15, -0.1) is 4.52 Å². The maximum atomic E-state index is 12.0. The second-order valence-electron chi connectivity index (χ2n) is 10.1. The molecule has 0 fully saturated rings. The maximum Gasteiger partial charge on any atom is 0.488 e. The molecule has 3 N–H and O–H groups in total. The van der Waals surface area contributed by atoms with Gasteiger partial charge in [0.25, 0.3) is 0 Å². The van der Waals surface area contributed by atoms with Gasteiger partial charge in [-0.2, -0.15) is 0 Å². The van der Waals surface area contributed by atoms with E-state index in [4.69, 9.17) is 0 Å². The number of allylic oxidation sites excluding steroid dienone is 2. The van der Waals surface area contributed by atoms with E-state index < -0.39 is 25.7 Å². The van der Waals surface area contributed by atoms with Crippen molar-refractivity contribution in [2.75, 3.05) is 25.4 Å². The largest absolute Gasteiger partial charge is 0.566 e. The Morgan fingerprint density at radius 3 is 2.18 bits per heavy atom. The molecule has 0 radical (unpaired) electrons. The van der Waals surface area contributed by atoms with E-state index in [1.54, 1.807) is 0 Å². The summed E-state index contributed by atoms with van der Waals surface area (Å²) in [6.45, 7) is 5.27. The van der Waals surface area contributed by atoms with Crippen LogP contribution in [0.1, 0.15) is 104 Å². The molecule has 2 amide bonds. The number of aliphatic hydroxyl groups excluding tert-OH is 1. The third kappa shape index (κ3) is 21.6. The van der Waals surface area contributed by atoms with Crippen molar-refractivity contribution in [1.82, 2.24) is 10.6 Å². The van der Waals surface area contributed by atoms with Crippen LogP contribution in [0.4, 0.5) is 0 Å². The lowest BCUT2D eigenvalue weighted by atomic mass is 9.87. The number of carbonyl (C=O) groups excluding carboxylic acids is 3. The summed E-state index contributed by atoms with van der Waals surface area (Å²) in [6, 6.07) is 0. The van der Waals surface area contributed by atoms with Crippen molar-refractivity contribution in [3.63, 3.8) is 0 Å². The van der Waals surface area contributed by atoms with Gasteiger partial charge in [0, 0.05) is 37.1 Å². The van der Waals surface area contributed by atoms with Gasteiger partial charge in [0.15, 0.2) is 5.12 Å². The highest BCUT2D eigenvalue weighted by Gasteiger charge is 2.35. The van der Waals surface area contributed by atoms with Crippen LogP contribution in [0.15, 0.2) is 12.2 Å². The van der Waals surface area contributed by atoms with Gasteiger partial charge in [-0.1, -0.05) is 83.2 Å². The van der Waals surface area contributed by atoms with Crippen LogP contribution in [-0.4, -0.2) is 53.6 Å². The Morgan fingerprint density at radius 1 is 0.947 bits per heavy atom. The molecule has 2 atom stereocenters. The van der Waals surface area contributed by atoms with Crippen LogP contribution in [0.25, 0.3) is 0 Å². The predicted molar refractivity (Wildman–Crippen MR) is 152 cm³/mol. The Balaban J connectivity index is 3.69. The van der Waals surface area contributed by atoms with Gasteiger partial charge in [0.05, 0.1) is 0 Å². The molecule has 0 rings (SSSR count). The van der Waals surface area contributed by atoms with E-state index in [1.807, 2.05) is 0 Å². The summed E-state index contributed by atoms with van der Waals surface area (Å²) in [6.07, 6.45) is 16.8. The molecule has 1 unspecified atom stereocenters. The molecule has 11 heteroatoms. The van der Waals surface area contributed by atoms with Gasteiger partial charge < -0.3 is 20.6 Å². The highest BCUT2D eigenvalue weighted by atomic mass is 32.2. The quantitative estimate of drug-likeness (QED) is 0.0862. The Morgan fingerprint density at radius 2 is 1.55 bits per heavy atom. The minimum absolute atomic E-state index is 0.0230. The van der Waals surface area contributed by atoms with Gasteiger partial charge in [0.1, 0.15) is 12.7 Å². The van der Waals surface area contributed by atoms with Crippen molar-refractivity contribution in [2.24, 2.45) is 5.41 Å². The topological polar surface area (TPSA) is 145 Å². The first kappa shape index (κ1) is 36.7. The first-order valence-corrected chi connectivity index (χ1v) is 16.0. The van der Waals surface area contributed by atoms with E-state index in [0.717, 1.165) is 25.7 Å². The van der Waals surface area contributed by atoms with Crippen LogP contribution >= 0.6 is 20.0 Å². The number of rotatable bonds is 24. The second-order valence-corrected chi connectivity index (χ2v) is 12.0. The molecule has 0 spiro atoms. The minimum Gasteiger partial charge on any atom is -0.566 e. The molecule has 0 aliphatic rings. The Hall–Kier alpha value is -1.32. The monoisotopic (exact) mass is 576 g/mol. The van der Waals surface area contributed by atoms with Crippen molar-refractivity contribution in [3.8, 4) is 0 Å². The lowest BCUT2D eigenvalue weighted by Gasteiger charge is -2.27. The maximum absolute atomic E-state index is 12.0. The molecule has 0 aliphatic heterocycles. The fourth-order valence-corrected chi connectivity index (χ4v) is 4.71. The molecule has 0 aromatic carbocycles. The standard InChI is InChI=1S/C27H49N2O7PS/c1-4-5-6-7-8-9-10-11-12-13-14-15-16-17-24(31)38-21-20-28-23(30)18-19-29-26(33)25(32)27(2,3)22-36-37(34)35/h9-10,25,32H,4-8,11-22H2,1-3H3,(H,28,30)(H,29,33)/b10-9-/t25-/m1/s1. The number of carbonyl (C=O) groups is 3. The normalized spacial score (nSPS) is 12.9. The lowest BCUT2D eigenvalue weighted by molar-refractivity contribution is -0.189. The predicted octanol–water partition coefficient (Wildman–Crippen LogP) is 4.55. The summed E-state index contributed by atoms with van der Waals surface area (Å²) >= 11 is 1.22. The van der Waals surface area contributed by atoms with Crippen molar-refractivity contribution in [1.29, 1.82) is 0 Å². The molecule has 0 aromatic heterocycles. The Labute approximate surface area is 234 Å². The summed E-state index contributed by atoms with van der Waals surface area (Å²) in [5, 5.41) is 15.4. The zero-order chi connectivity index (χ0) is 28.7. The summed E-state index contributed by atoms with van der Waals surface area (Å²) in [5.41, 5.74) is -1.12. The fraction of sp³-hybridized carbons (Fsp3) is 0.815. The zero-order valence-corrected chi connectivity index (χ0v) is 25.2. The van der Waals surface area contributed by atoms with Gasteiger partial charge in [-0.05, 0) is 36.7 Å². The molecular weight excluding hydrogens is 527 g/mol. The minimum atomic E-state index is -3.07. The van der Waals surface area contributed by atoms with E-state index >= 15 is 0 Å². The number of hydrogen-bond donors (Lipinski definition) is 3. The van der Waals surface area contributed by atoms with Gasteiger partial charge in [-0.3, -0.25) is 14.4 Å². The van der Waals surface area contributed by atoms with Crippen LogP contribution < -0.4 is 15.5 Å². The molecule has 38 heavy (non-hydrogen) atoms. The Kier molecular flexibility index (Phi) is 22.7. The number of unbranched alkanes of at least 4 members (excludes halogenated alkanes) is 9. The van der Waals surface area contributed by atoms with Crippen LogP contribution in [0.3, 0.4) is 0 Å². The number of hydrogen-bond acceptors (Lipinski definition) is 8. The molecule has 0 aromatic rings. The van der Waals surface area contributed by atoms with Crippen molar-refractivity contribution in [2.45, 2.75) is 110 Å². The molecular formula is C27H49N2O7PS. The smallest absolute Gasteiger partial charge is 0.488 e. The third-order valence-electron chi connectivity index (χ3n) is 6.01. The van der Waals surface area contributed by atoms with Crippen molar-refractivity contribution < 1.29 is 33.5 Å². The molecule has 0 aliphatic carbocycles. The highest BCUT2D eigenvalue weighted by molar-refractivity contribution is 8.13. The zero-order valence-electron chi connectivity index (χ0n) is 23.5. The SMILES string of the molecule is CCCCCC/C=C\CCCCCCCC(=O)SCCNC(=O)CCNC(=O)[C@@H](O)C(C)(C)CO[P+](=O)[O-]. The van der Waals surface area contributed by atoms with Gasteiger partial charge >= 0.3 is 8.25 Å². The van der Waals surface area contributed by atoms with Crippen LogP contribution in [0.5, 0.6) is 0 Å². The Bertz CT molecular complexity index is 720. The number of thioether (sulfide) groups is 1. The van der Waals surface area contributed by atoms with Gasteiger partial charge in [0.2, 0.25) is 11.8 Å². The van der Waals surface area contributed by atoms with E-state index in [-0.39, 0.29) is 30.6 Å². The molecule has 0 heterocycles. The first-order chi connectivity index (χ1) is 18.1. The number of aliphatic hydroxyl groups is 1. The van der Waals surface area contributed by atoms with E-state index in [0.29, 0.717) is 18.7 Å². The third-order valence-corrected chi connectivity index (χ3v) is 7.29. The number of nitrogens with one attached hydrogen (secondary N) is 2. The van der Waals surface area contributed by atoms with Crippen LogP contribution in [-0.2, 0) is 23.5 Å². The summed E-state index contributed by atoms with van der Waals surface area (Å²) in [4.78, 5) is 46.5. The van der Waals surface area contributed by atoms with Crippen molar-refractivity contribution >= 4 is 36.9 Å². The van der Waals surface area contributed by atoms with E-state index in [1.165, 1.54) is 70.6 Å². The van der Waals surface area contributed by atoms with E-state index in [9.17, 15) is 28.9 Å². The number of amides is 2. The van der Waals surface area contributed by atoms with Gasteiger partial charge in [-0.25, -0.2) is 0 Å². The second kappa shape index (κ2) is 23.6. The highest BCUT2D eigenvalue weighted by Crippen LogP contribution is 2.25. The molecule has 9 nitrogen and oxygen atoms in total. The summed E-state index contributed by atoms with van der Waals surface area (Å²) in [7, 11) is -3.07. The van der Waals surface area contributed by atoms with Crippen LogP contribution in [0, 0.1) is 5.41 Å². The van der Waals surface area contributed by atoms with E-state index in [2.05, 4.69) is 34.2 Å².